The smallest absolute Gasteiger partial charge is 0.241 e. The summed E-state index contributed by atoms with van der Waals surface area (Å²) in [7, 11) is 0. The van der Waals surface area contributed by atoms with Crippen molar-refractivity contribution in [2.75, 3.05) is 5.32 Å². The molecular formula is C12H14ClN5OS. The number of rotatable bonds is 6. The number of halogens is 1. The first-order chi connectivity index (χ1) is 9.69. The molecule has 106 valence electrons. The Kier molecular flexibility index (Phi) is 3.88. The van der Waals surface area contributed by atoms with Gasteiger partial charge in [0.1, 0.15) is 15.9 Å². The van der Waals surface area contributed by atoms with Crippen LogP contribution in [0.4, 0.5) is 5.69 Å². The first kappa shape index (κ1) is 13.4. The summed E-state index contributed by atoms with van der Waals surface area (Å²) in [5.74, 6) is 0.00820. The monoisotopic (exact) mass is 311 g/mol. The molecule has 0 aromatic carbocycles. The second-order valence-electron chi connectivity index (χ2n) is 4.68. The Morgan fingerprint density at radius 2 is 2.35 bits per heavy atom. The molecule has 2 aromatic rings. The quantitative estimate of drug-likeness (QED) is 0.854. The van der Waals surface area contributed by atoms with Crippen molar-refractivity contribution in [1.82, 2.24) is 20.1 Å². The summed E-state index contributed by atoms with van der Waals surface area (Å²) in [5.41, 5.74) is 0.857. The highest BCUT2D eigenvalue weighted by molar-refractivity contribution is 7.15. The fourth-order valence-corrected chi connectivity index (χ4v) is 2.63. The van der Waals surface area contributed by atoms with Crippen LogP contribution >= 0.6 is 22.9 Å². The van der Waals surface area contributed by atoms with Crippen LogP contribution in [0.5, 0.6) is 0 Å². The molecule has 3 rings (SSSR count). The van der Waals surface area contributed by atoms with E-state index in [2.05, 4.69) is 20.7 Å². The zero-order valence-electron chi connectivity index (χ0n) is 10.7. The van der Waals surface area contributed by atoms with Crippen molar-refractivity contribution >= 4 is 34.5 Å². The number of nitrogens with one attached hydrogen (secondary N) is 2. The molecule has 0 aliphatic heterocycles. The van der Waals surface area contributed by atoms with Crippen molar-refractivity contribution in [3.8, 4) is 0 Å². The maximum absolute atomic E-state index is 11.6. The lowest BCUT2D eigenvalue weighted by atomic mass is 10.5. The maximum atomic E-state index is 11.6. The normalized spacial score (nSPS) is 14.2. The average Bonchev–Trinajstić information content (AvgIpc) is 2.94. The number of hydrogen-bond acceptors (Lipinski definition) is 5. The fraction of sp³-hybridized carbons (Fsp3) is 0.417. The summed E-state index contributed by atoms with van der Waals surface area (Å²) in [5, 5.41) is 11.2. The molecule has 0 radical (unpaired) electrons. The predicted molar refractivity (Wildman–Crippen MR) is 77.8 cm³/mol. The number of anilines is 1. The largest absolute Gasteiger partial charge is 0.376 e. The van der Waals surface area contributed by atoms with Gasteiger partial charge in [0.05, 0.1) is 24.6 Å². The predicted octanol–water partition coefficient (Wildman–Crippen LogP) is 1.88. The first-order valence-electron chi connectivity index (χ1n) is 6.35. The van der Waals surface area contributed by atoms with Gasteiger partial charge in [0.2, 0.25) is 5.91 Å². The third-order valence-electron chi connectivity index (χ3n) is 2.85. The van der Waals surface area contributed by atoms with Crippen molar-refractivity contribution in [2.24, 2.45) is 0 Å². The highest BCUT2D eigenvalue weighted by Gasteiger charge is 2.23. The van der Waals surface area contributed by atoms with E-state index in [1.54, 1.807) is 17.1 Å². The topological polar surface area (TPSA) is 71.8 Å². The van der Waals surface area contributed by atoms with Crippen LogP contribution in [0.25, 0.3) is 0 Å². The van der Waals surface area contributed by atoms with Gasteiger partial charge in [0.25, 0.3) is 0 Å². The standard InChI is InChI=1S/C12H14ClN5OS/c13-10-4-15-12(20-10)5-14-9-3-16-18(6-9)7-11(19)17-8-1-2-8/h3-4,6,8,14H,1-2,5,7H2,(H,17,19). The Morgan fingerprint density at radius 1 is 1.50 bits per heavy atom. The molecule has 1 saturated carbocycles. The lowest BCUT2D eigenvalue weighted by molar-refractivity contribution is -0.122. The summed E-state index contributed by atoms with van der Waals surface area (Å²) in [6, 6.07) is 0.380. The van der Waals surface area contributed by atoms with Gasteiger partial charge >= 0.3 is 0 Å². The molecule has 20 heavy (non-hydrogen) atoms. The van der Waals surface area contributed by atoms with Crippen molar-refractivity contribution in [2.45, 2.75) is 32.0 Å². The van der Waals surface area contributed by atoms with Gasteiger partial charge in [-0.2, -0.15) is 5.10 Å². The fourth-order valence-electron chi connectivity index (χ4n) is 1.74. The Balaban J connectivity index is 1.49. The molecule has 8 heteroatoms. The highest BCUT2D eigenvalue weighted by atomic mass is 35.5. The van der Waals surface area contributed by atoms with Crippen molar-refractivity contribution < 1.29 is 4.79 Å². The zero-order valence-corrected chi connectivity index (χ0v) is 12.2. The molecule has 0 atom stereocenters. The van der Waals surface area contributed by atoms with Crippen LogP contribution in [0.1, 0.15) is 17.8 Å². The molecular weight excluding hydrogens is 298 g/mol. The molecule has 1 fully saturated rings. The van der Waals surface area contributed by atoms with Crippen molar-refractivity contribution in [1.29, 1.82) is 0 Å². The van der Waals surface area contributed by atoms with Crippen LogP contribution in [0.15, 0.2) is 18.6 Å². The van der Waals surface area contributed by atoms with Gasteiger partial charge in [-0.05, 0) is 12.8 Å². The SMILES string of the molecule is O=C(Cn1cc(NCc2ncc(Cl)s2)cn1)NC1CC1. The van der Waals surface area contributed by atoms with Gasteiger partial charge in [-0.3, -0.25) is 9.48 Å². The number of carbonyl (C=O) groups excluding carboxylic acids is 1. The second kappa shape index (κ2) is 5.80. The Hall–Kier alpha value is -1.60. The van der Waals surface area contributed by atoms with Gasteiger partial charge in [0.15, 0.2) is 0 Å². The maximum Gasteiger partial charge on any atom is 0.241 e. The van der Waals surface area contributed by atoms with Crippen molar-refractivity contribution in [3.05, 3.63) is 27.9 Å². The van der Waals surface area contributed by atoms with Crippen LogP contribution in [-0.2, 0) is 17.9 Å². The van der Waals surface area contributed by atoms with Crippen molar-refractivity contribution in [3.63, 3.8) is 0 Å². The van der Waals surface area contributed by atoms with E-state index in [1.807, 2.05) is 6.20 Å². The van der Waals surface area contributed by atoms with E-state index >= 15 is 0 Å². The number of amides is 1. The number of nitrogens with zero attached hydrogens (tertiary/aromatic N) is 3. The van der Waals surface area contributed by atoms with Gasteiger partial charge in [-0.25, -0.2) is 4.98 Å². The van der Waals surface area contributed by atoms with E-state index in [-0.39, 0.29) is 12.5 Å². The van der Waals surface area contributed by atoms with Gasteiger partial charge in [-0.1, -0.05) is 11.6 Å². The molecule has 0 spiro atoms. The summed E-state index contributed by atoms with van der Waals surface area (Å²) >= 11 is 7.26. The Bertz CT molecular complexity index is 607. The summed E-state index contributed by atoms with van der Waals surface area (Å²) < 4.78 is 2.30. The second-order valence-corrected chi connectivity index (χ2v) is 6.43. The number of hydrogen-bond donors (Lipinski definition) is 2. The lowest BCUT2D eigenvalue weighted by Gasteiger charge is -2.03. The Labute approximate surface area is 125 Å². The Morgan fingerprint density at radius 3 is 3.05 bits per heavy atom. The molecule has 1 aliphatic rings. The van der Waals surface area contributed by atoms with E-state index in [0.29, 0.717) is 16.9 Å². The van der Waals surface area contributed by atoms with E-state index in [4.69, 9.17) is 11.6 Å². The van der Waals surface area contributed by atoms with Crippen LogP contribution in [0.2, 0.25) is 4.34 Å². The van der Waals surface area contributed by atoms with Gasteiger partial charge in [0, 0.05) is 12.2 Å². The first-order valence-corrected chi connectivity index (χ1v) is 7.54. The molecule has 2 N–H and O–H groups in total. The molecule has 0 bridgehead atoms. The number of carbonyl (C=O) groups is 1. The molecule has 1 amide bonds. The van der Waals surface area contributed by atoms with Crippen LogP contribution < -0.4 is 10.6 Å². The average molecular weight is 312 g/mol. The van der Waals surface area contributed by atoms with E-state index in [0.717, 1.165) is 23.5 Å². The number of aromatic nitrogens is 3. The third-order valence-corrected chi connectivity index (χ3v) is 3.97. The van der Waals surface area contributed by atoms with Crippen LogP contribution in [0, 0.1) is 0 Å². The zero-order chi connectivity index (χ0) is 13.9. The summed E-state index contributed by atoms with van der Waals surface area (Å²) in [6.45, 7) is 0.846. The molecule has 2 heterocycles. The molecule has 2 aromatic heterocycles. The van der Waals surface area contributed by atoms with Gasteiger partial charge in [-0.15, -0.1) is 11.3 Å². The van der Waals surface area contributed by atoms with Crippen LogP contribution in [0.3, 0.4) is 0 Å². The summed E-state index contributed by atoms with van der Waals surface area (Å²) in [6.07, 6.45) is 7.32. The van der Waals surface area contributed by atoms with Crippen LogP contribution in [-0.4, -0.2) is 26.7 Å². The highest BCUT2D eigenvalue weighted by Crippen LogP contribution is 2.19. The minimum absolute atomic E-state index is 0.00820. The summed E-state index contributed by atoms with van der Waals surface area (Å²) in [4.78, 5) is 15.8. The van der Waals surface area contributed by atoms with E-state index in [1.165, 1.54) is 11.3 Å². The minimum atomic E-state index is 0.00820. The minimum Gasteiger partial charge on any atom is -0.376 e. The molecule has 1 aliphatic carbocycles. The van der Waals surface area contributed by atoms with E-state index in [9.17, 15) is 4.79 Å². The molecule has 0 saturated heterocycles. The number of thiazole rings is 1. The lowest BCUT2D eigenvalue weighted by Crippen LogP contribution is -2.29. The van der Waals surface area contributed by atoms with E-state index < -0.39 is 0 Å². The third kappa shape index (κ3) is 3.71. The van der Waals surface area contributed by atoms with Gasteiger partial charge < -0.3 is 10.6 Å². The molecule has 6 nitrogen and oxygen atoms in total. The molecule has 0 unspecified atom stereocenters.